The molecule has 0 spiro atoms. The molecule has 4 amide bonds. The molecule has 27 heteroatoms. The molecule has 5 aromatic rings. The first-order valence-corrected chi connectivity index (χ1v) is 33.1. The SMILES string of the molecule is CC[C@H]1C(=O)OCc2c1cc1n(c2=O)Cc2c-1nc1cc(F)c(C)c3c1c2[C@@H](NC(=O)OCc1ccc(NC(=O)[C@H](CCCCN)NC(=O)[C@H](Cc2ccccc2)NC(=O)CCOCCOCCOCCOCCOCCOCCOCCOCCOCCN)c(OC)c1)CC3. The van der Waals surface area contributed by atoms with Crippen molar-refractivity contribution in [2.45, 2.75) is 109 Å². The van der Waals surface area contributed by atoms with Gasteiger partial charge in [0.25, 0.3) is 5.56 Å². The quantitative estimate of drug-likeness (QED) is 0.0213. The largest absolute Gasteiger partial charge is 0.495 e. The van der Waals surface area contributed by atoms with E-state index in [2.05, 4.69) is 21.3 Å². The molecule has 3 aromatic carbocycles. The monoisotopic (exact) mass is 1340 g/mol. The molecule has 3 aliphatic rings. The number of nitrogens with two attached hydrogens (primary N) is 2. The molecule has 8 N–H and O–H groups in total. The van der Waals surface area contributed by atoms with E-state index in [1.807, 2.05) is 43.3 Å². The van der Waals surface area contributed by atoms with Crippen LogP contribution in [0.25, 0.3) is 22.3 Å². The van der Waals surface area contributed by atoms with Crippen LogP contribution in [0.1, 0.15) is 102 Å². The van der Waals surface area contributed by atoms with Gasteiger partial charge in [0.2, 0.25) is 17.7 Å². The molecule has 2 aliphatic heterocycles. The smallest absolute Gasteiger partial charge is 0.407 e. The lowest BCUT2D eigenvalue weighted by Crippen LogP contribution is -2.53. The number of alkyl carbamates (subject to hydrolysis) is 1. The number of benzene rings is 3. The van der Waals surface area contributed by atoms with Gasteiger partial charge in [0.05, 0.1) is 173 Å². The van der Waals surface area contributed by atoms with Crippen LogP contribution >= 0.6 is 0 Å². The summed E-state index contributed by atoms with van der Waals surface area (Å²) in [6.45, 7) is 11.6. The van der Waals surface area contributed by atoms with Crippen molar-refractivity contribution >= 4 is 46.4 Å². The first-order chi connectivity index (χ1) is 46.8. The highest BCUT2D eigenvalue weighted by atomic mass is 19.1. The number of fused-ring (bicyclic) bond motifs is 5. The molecule has 4 atom stereocenters. The van der Waals surface area contributed by atoms with E-state index in [0.29, 0.717) is 194 Å². The van der Waals surface area contributed by atoms with Crippen LogP contribution < -0.4 is 43.0 Å². The first kappa shape index (κ1) is 74.3. The van der Waals surface area contributed by atoms with Crippen molar-refractivity contribution in [1.82, 2.24) is 25.5 Å². The fraction of sp³-hybridized carbons (Fsp3) is 0.551. The maximum atomic E-state index is 15.5. The third-order valence-corrected chi connectivity index (χ3v) is 16.6. The van der Waals surface area contributed by atoms with Crippen LogP contribution in [0.2, 0.25) is 0 Å². The van der Waals surface area contributed by atoms with Crippen molar-refractivity contribution < 1.29 is 85.2 Å². The highest BCUT2D eigenvalue weighted by Crippen LogP contribution is 2.46. The number of carbonyl (C=O) groups is 5. The van der Waals surface area contributed by atoms with Gasteiger partial charge in [-0.2, -0.15) is 0 Å². The summed E-state index contributed by atoms with van der Waals surface area (Å²) >= 11 is 0. The predicted molar refractivity (Wildman–Crippen MR) is 352 cm³/mol. The number of aryl methyl sites for hydroxylation is 1. The number of unbranched alkanes of at least 4 members (excludes halogenated alkanes) is 1. The Balaban J connectivity index is 0.757. The molecule has 96 heavy (non-hydrogen) atoms. The van der Waals surface area contributed by atoms with Crippen molar-refractivity contribution in [2.75, 3.05) is 144 Å². The lowest BCUT2D eigenvalue weighted by molar-refractivity contribution is -0.148. The molecule has 0 fully saturated rings. The molecule has 8 rings (SSSR count). The maximum absolute atomic E-state index is 15.5. The number of hydrogen-bond donors (Lipinski definition) is 6. The Bertz CT molecular complexity index is 3410. The van der Waals surface area contributed by atoms with Gasteiger partial charge in [0, 0.05) is 36.4 Å². The van der Waals surface area contributed by atoms with Crippen molar-refractivity contribution in [3.8, 4) is 17.1 Å². The van der Waals surface area contributed by atoms with Crippen molar-refractivity contribution in [3.05, 3.63) is 121 Å². The molecule has 2 aromatic heterocycles. The average Bonchev–Trinajstić information content (AvgIpc) is 1.45. The molecule has 0 bridgehead atoms. The third kappa shape index (κ3) is 21.5. The lowest BCUT2D eigenvalue weighted by atomic mass is 9.81. The van der Waals surface area contributed by atoms with E-state index >= 15 is 4.39 Å². The van der Waals surface area contributed by atoms with Crippen molar-refractivity contribution in [3.63, 3.8) is 0 Å². The summed E-state index contributed by atoms with van der Waals surface area (Å²) < 4.78 is 83.5. The van der Waals surface area contributed by atoms with Gasteiger partial charge in [-0.25, -0.2) is 14.2 Å². The minimum Gasteiger partial charge on any atom is -0.495 e. The van der Waals surface area contributed by atoms with Gasteiger partial charge >= 0.3 is 12.1 Å². The number of aromatic nitrogens is 2. The second-order valence-corrected chi connectivity index (χ2v) is 23.2. The van der Waals surface area contributed by atoms with Crippen LogP contribution in [0.15, 0.2) is 65.5 Å². The van der Waals surface area contributed by atoms with E-state index in [1.165, 1.54) is 13.2 Å². The van der Waals surface area contributed by atoms with Gasteiger partial charge in [0.15, 0.2) is 0 Å². The van der Waals surface area contributed by atoms with Crippen molar-refractivity contribution in [2.24, 2.45) is 11.5 Å². The highest BCUT2D eigenvalue weighted by Gasteiger charge is 2.38. The maximum Gasteiger partial charge on any atom is 0.407 e. The zero-order chi connectivity index (χ0) is 68.0. The highest BCUT2D eigenvalue weighted by molar-refractivity contribution is 5.99. The topological polar surface area (TPSA) is 331 Å². The number of pyridine rings is 2. The number of anilines is 1. The number of esters is 1. The first-order valence-electron chi connectivity index (χ1n) is 33.1. The number of halogens is 1. The van der Waals surface area contributed by atoms with Crippen LogP contribution in [-0.4, -0.2) is 191 Å². The standard InChI is InChI=1S/C69H93FN8O18/c1-4-48-50-40-59-64-51(42-78(59)67(82)52(50)44-95-68(48)83)63-55(16-14-49-45(2)53(70)41-57(74-64)62(49)63)77-69(84)96-43-47-13-15-54(60(39-47)85-3)75-65(80)56(12-8-9-18-71)76-66(81)58(38-46-10-6-5-7-11-46)73-61(79)17-20-86-22-24-88-26-28-90-30-32-92-34-36-94-37-35-93-33-31-91-29-27-89-25-23-87-21-19-72/h5-7,10-11,13,15,39-41,48,55-56,58H,4,8-9,12,14,16-38,42-44,71-72H2,1-3H3,(H,73,79)(H,75,80)(H,76,81)(H,77,84)/t48-,55+,56+,58+/m1/s1. The Kier molecular flexibility index (Phi) is 30.6. The molecule has 0 saturated heterocycles. The molecule has 0 radical (unpaired) electrons. The summed E-state index contributed by atoms with van der Waals surface area (Å²) in [5, 5.41) is 12.4. The third-order valence-electron chi connectivity index (χ3n) is 16.6. The Morgan fingerprint density at radius 1 is 0.698 bits per heavy atom. The number of hydrogen-bond acceptors (Lipinski definition) is 21. The van der Waals surface area contributed by atoms with E-state index in [0.717, 1.165) is 16.7 Å². The van der Waals surface area contributed by atoms with Crippen LogP contribution in [-0.2, 0) is 104 Å². The van der Waals surface area contributed by atoms with E-state index in [1.54, 1.807) is 29.7 Å². The van der Waals surface area contributed by atoms with Gasteiger partial charge in [-0.1, -0.05) is 43.3 Å². The molecule has 0 saturated carbocycles. The minimum atomic E-state index is -1.04. The number of nitrogens with one attached hydrogen (secondary N) is 4. The Morgan fingerprint density at radius 2 is 1.31 bits per heavy atom. The van der Waals surface area contributed by atoms with E-state index < -0.39 is 59.6 Å². The molecule has 524 valence electrons. The van der Waals surface area contributed by atoms with Crippen LogP contribution in [0.4, 0.5) is 14.9 Å². The number of rotatable bonds is 45. The zero-order valence-electron chi connectivity index (χ0n) is 55.3. The molecular weight excluding hydrogens is 1250 g/mol. The molecule has 26 nitrogen and oxygen atoms in total. The average molecular weight is 1340 g/mol. The summed E-state index contributed by atoms with van der Waals surface area (Å²) in [6.07, 6.45) is 2.00. The summed E-state index contributed by atoms with van der Waals surface area (Å²) in [6, 6.07) is 14.6. The number of carbonyl (C=O) groups excluding carboxylic acids is 5. The van der Waals surface area contributed by atoms with Gasteiger partial charge in [-0.15, -0.1) is 0 Å². The molecule has 0 unspecified atom stereocenters. The van der Waals surface area contributed by atoms with Gasteiger partial charge in [-0.05, 0) is 104 Å². The fourth-order valence-corrected chi connectivity index (χ4v) is 11.7. The van der Waals surface area contributed by atoms with E-state index in [4.69, 9.17) is 73.3 Å². The second kappa shape index (κ2) is 39.6. The van der Waals surface area contributed by atoms with E-state index in [9.17, 15) is 28.8 Å². The van der Waals surface area contributed by atoms with Gasteiger partial charge in [0.1, 0.15) is 36.9 Å². The normalized spacial score (nSPS) is 15.1. The lowest BCUT2D eigenvalue weighted by Gasteiger charge is -2.29. The summed E-state index contributed by atoms with van der Waals surface area (Å²) in [5.74, 6) is -2.70. The Morgan fingerprint density at radius 3 is 1.91 bits per heavy atom. The Labute approximate surface area is 558 Å². The number of methoxy groups -OCH3 is 1. The predicted octanol–water partition coefficient (Wildman–Crippen LogP) is 5.12. The number of nitrogens with zero attached hydrogens (tertiary/aromatic N) is 2. The van der Waals surface area contributed by atoms with Gasteiger partial charge < -0.3 is 94.1 Å². The number of ether oxygens (including phenoxy) is 12. The van der Waals surface area contributed by atoms with Crippen LogP contribution in [0.5, 0.6) is 5.75 Å². The summed E-state index contributed by atoms with van der Waals surface area (Å²) in [5.41, 5.74) is 17.6. The summed E-state index contributed by atoms with van der Waals surface area (Å²) in [7, 11) is 1.43. The summed E-state index contributed by atoms with van der Waals surface area (Å²) in [4.78, 5) is 87.4. The van der Waals surface area contributed by atoms with Crippen LogP contribution in [0, 0.1) is 12.7 Å². The second-order valence-electron chi connectivity index (χ2n) is 23.2. The fourth-order valence-electron chi connectivity index (χ4n) is 11.7. The molecular formula is C69H93FN8O18. The van der Waals surface area contributed by atoms with Crippen molar-refractivity contribution in [1.29, 1.82) is 0 Å². The minimum absolute atomic E-state index is 0.0361. The number of amides is 4. The number of cyclic esters (lactones) is 1. The van der Waals surface area contributed by atoms with Crippen LogP contribution in [0.3, 0.4) is 0 Å². The zero-order valence-corrected chi connectivity index (χ0v) is 55.3. The van der Waals surface area contributed by atoms with Gasteiger partial charge in [-0.3, -0.25) is 24.0 Å². The molecule has 4 heterocycles. The molecule has 1 aliphatic carbocycles. The Hall–Kier alpha value is -7.54. The van der Waals surface area contributed by atoms with E-state index in [-0.39, 0.29) is 75.8 Å².